The molecule has 0 heterocycles. The Morgan fingerprint density at radius 3 is 2.50 bits per heavy atom. The van der Waals surface area contributed by atoms with E-state index in [9.17, 15) is 9.59 Å². The molecule has 1 aromatic rings. The van der Waals surface area contributed by atoms with Gasteiger partial charge in [0, 0.05) is 29.5 Å². The lowest BCUT2D eigenvalue weighted by molar-refractivity contribution is -0.114. The van der Waals surface area contributed by atoms with Gasteiger partial charge in [-0.15, -0.1) is 0 Å². The fourth-order valence-corrected chi connectivity index (χ4v) is 4.03. The molecule has 5 heteroatoms. The van der Waals surface area contributed by atoms with Gasteiger partial charge in [0.25, 0.3) is 5.91 Å². The summed E-state index contributed by atoms with van der Waals surface area (Å²) in [5.74, 6) is 0.949. The molecule has 0 bridgehead atoms. The van der Waals surface area contributed by atoms with Crippen molar-refractivity contribution < 1.29 is 9.59 Å². The highest BCUT2D eigenvalue weighted by Gasteiger charge is 2.26. The third kappa shape index (κ3) is 4.77. The highest BCUT2D eigenvalue weighted by atomic mass is 32.2. The number of rotatable bonds is 5. The first-order valence-corrected chi connectivity index (χ1v) is 8.95. The Balaban J connectivity index is 1.97. The minimum absolute atomic E-state index is 0.0250. The third-order valence-corrected chi connectivity index (χ3v) is 5.19. The van der Waals surface area contributed by atoms with Crippen molar-refractivity contribution in [2.24, 2.45) is 0 Å². The molecule has 2 N–H and O–H groups in total. The van der Waals surface area contributed by atoms with E-state index in [0.717, 1.165) is 12.2 Å². The van der Waals surface area contributed by atoms with Gasteiger partial charge in [-0.25, -0.2) is 0 Å². The summed E-state index contributed by atoms with van der Waals surface area (Å²) in [5, 5.41) is 6.41. The first-order chi connectivity index (χ1) is 10.6. The van der Waals surface area contributed by atoms with Crippen LogP contribution in [0.15, 0.2) is 24.3 Å². The molecular formula is C17H24N2O2S. The van der Waals surface area contributed by atoms with E-state index in [0.29, 0.717) is 16.5 Å². The minimum atomic E-state index is -0.112. The molecule has 1 saturated carbocycles. The molecule has 1 aromatic carbocycles. The standard InChI is InChI=1S/C17H24N2O2S/c1-3-22-16-7-5-4-6-15(16)19-17(21)13-8-10-14(11-9-13)18-12(2)20/h8-11,15-16H,3-7H2,1-2H3,(H,18,20)(H,19,21)/t15-,16-/m1/s1. The van der Waals surface area contributed by atoms with Crippen molar-refractivity contribution >= 4 is 29.3 Å². The Kier molecular flexibility index (Phi) is 6.31. The van der Waals surface area contributed by atoms with Gasteiger partial charge in [0.2, 0.25) is 5.91 Å². The predicted octanol–water partition coefficient (Wildman–Crippen LogP) is 3.44. The number of hydrogen-bond donors (Lipinski definition) is 2. The number of nitrogens with one attached hydrogen (secondary N) is 2. The summed E-state index contributed by atoms with van der Waals surface area (Å²) in [6.45, 7) is 3.63. The van der Waals surface area contributed by atoms with Crippen LogP contribution in [0.3, 0.4) is 0 Å². The van der Waals surface area contributed by atoms with Gasteiger partial charge in [0.05, 0.1) is 0 Å². The van der Waals surface area contributed by atoms with Crippen molar-refractivity contribution in [1.82, 2.24) is 5.32 Å². The molecule has 2 rings (SSSR count). The van der Waals surface area contributed by atoms with Crippen LogP contribution < -0.4 is 10.6 Å². The number of carbonyl (C=O) groups excluding carboxylic acids is 2. The second-order valence-electron chi connectivity index (χ2n) is 5.62. The van der Waals surface area contributed by atoms with E-state index in [1.54, 1.807) is 24.3 Å². The van der Waals surface area contributed by atoms with E-state index in [-0.39, 0.29) is 17.9 Å². The Morgan fingerprint density at radius 1 is 1.18 bits per heavy atom. The fraction of sp³-hybridized carbons (Fsp3) is 0.529. The van der Waals surface area contributed by atoms with Crippen molar-refractivity contribution in [3.8, 4) is 0 Å². The second kappa shape index (κ2) is 8.22. The lowest BCUT2D eigenvalue weighted by atomic mass is 9.94. The lowest BCUT2D eigenvalue weighted by Crippen LogP contribution is -2.43. The summed E-state index contributed by atoms with van der Waals surface area (Å²) in [7, 11) is 0. The molecule has 0 spiro atoms. The zero-order chi connectivity index (χ0) is 15.9. The molecule has 1 fully saturated rings. The summed E-state index contributed by atoms with van der Waals surface area (Å²) >= 11 is 1.94. The van der Waals surface area contributed by atoms with Crippen molar-refractivity contribution in [2.45, 2.75) is 50.8 Å². The maximum Gasteiger partial charge on any atom is 0.251 e. The van der Waals surface area contributed by atoms with Crippen LogP contribution in [0.5, 0.6) is 0 Å². The Labute approximate surface area is 136 Å². The molecule has 120 valence electrons. The van der Waals surface area contributed by atoms with Crippen molar-refractivity contribution in [3.63, 3.8) is 0 Å². The predicted molar refractivity (Wildman–Crippen MR) is 92.4 cm³/mol. The van der Waals surface area contributed by atoms with Gasteiger partial charge in [-0.2, -0.15) is 11.8 Å². The zero-order valence-corrected chi connectivity index (χ0v) is 14.0. The fourth-order valence-electron chi connectivity index (χ4n) is 2.84. The number of anilines is 1. The van der Waals surface area contributed by atoms with E-state index in [1.807, 2.05) is 11.8 Å². The second-order valence-corrected chi connectivity index (χ2v) is 7.13. The smallest absolute Gasteiger partial charge is 0.251 e. The Hall–Kier alpha value is -1.49. The molecule has 0 aromatic heterocycles. The molecule has 22 heavy (non-hydrogen) atoms. The molecule has 0 aliphatic heterocycles. The maximum atomic E-state index is 12.4. The van der Waals surface area contributed by atoms with E-state index in [4.69, 9.17) is 0 Å². The van der Waals surface area contributed by atoms with Gasteiger partial charge in [-0.1, -0.05) is 19.8 Å². The number of carbonyl (C=O) groups is 2. The minimum Gasteiger partial charge on any atom is -0.348 e. The SMILES string of the molecule is CCS[C@@H]1CCCC[C@H]1NC(=O)c1ccc(NC(C)=O)cc1. The first-order valence-electron chi connectivity index (χ1n) is 7.90. The molecule has 0 saturated heterocycles. The van der Waals surface area contributed by atoms with Gasteiger partial charge >= 0.3 is 0 Å². The van der Waals surface area contributed by atoms with Crippen LogP contribution in [0.25, 0.3) is 0 Å². The van der Waals surface area contributed by atoms with Crippen LogP contribution in [-0.4, -0.2) is 28.9 Å². The maximum absolute atomic E-state index is 12.4. The van der Waals surface area contributed by atoms with Crippen molar-refractivity contribution in [1.29, 1.82) is 0 Å². The number of benzene rings is 1. The first kappa shape index (κ1) is 16.9. The highest BCUT2D eigenvalue weighted by Crippen LogP contribution is 2.28. The molecule has 4 nitrogen and oxygen atoms in total. The van der Waals surface area contributed by atoms with E-state index >= 15 is 0 Å². The average molecular weight is 320 g/mol. The molecular weight excluding hydrogens is 296 g/mol. The van der Waals surface area contributed by atoms with E-state index in [1.165, 1.54) is 26.2 Å². The Morgan fingerprint density at radius 2 is 1.86 bits per heavy atom. The van der Waals surface area contributed by atoms with Crippen LogP contribution in [0.1, 0.15) is 49.9 Å². The average Bonchev–Trinajstić information content (AvgIpc) is 2.49. The van der Waals surface area contributed by atoms with Crippen LogP contribution in [0.4, 0.5) is 5.69 Å². The van der Waals surface area contributed by atoms with Crippen LogP contribution in [0, 0.1) is 0 Å². The summed E-state index contributed by atoms with van der Waals surface area (Å²) < 4.78 is 0. The molecule has 2 amide bonds. The molecule has 1 aliphatic rings. The van der Waals surface area contributed by atoms with Gasteiger partial charge in [0.15, 0.2) is 0 Å². The van der Waals surface area contributed by atoms with Gasteiger partial charge < -0.3 is 10.6 Å². The van der Waals surface area contributed by atoms with E-state index < -0.39 is 0 Å². The number of amides is 2. The lowest BCUT2D eigenvalue weighted by Gasteiger charge is -2.31. The van der Waals surface area contributed by atoms with Crippen LogP contribution in [0.2, 0.25) is 0 Å². The molecule has 0 radical (unpaired) electrons. The van der Waals surface area contributed by atoms with Crippen LogP contribution in [-0.2, 0) is 4.79 Å². The van der Waals surface area contributed by atoms with Gasteiger partial charge in [-0.3, -0.25) is 9.59 Å². The third-order valence-electron chi connectivity index (χ3n) is 3.87. The normalized spacial score (nSPS) is 21.2. The summed E-state index contributed by atoms with van der Waals surface area (Å²) in [6.07, 6.45) is 4.70. The van der Waals surface area contributed by atoms with E-state index in [2.05, 4.69) is 17.6 Å². The van der Waals surface area contributed by atoms with Crippen molar-refractivity contribution in [3.05, 3.63) is 29.8 Å². The molecule has 1 aliphatic carbocycles. The molecule has 2 atom stereocenters. The summed E-state index contributed by atoms with van der Waals surface area (Å²) in [4.78, 5) is 23.4. The topological polar surface area (TPSA) is 58.2 Å². The summed E-state index contributed by atoms with van der Waals surface area (Å²) in [6, 6.07) is 7.29. The van der Waals surface area contributed by atoms with Crippen LogP contribution >= 0.6 is 11.8 Å². The largest absolute Gasteiger partial charge is 0.348 e. The zero-order valence-electron chi connectivity index (χ0n) is 13.2. The highest BCUT2D eigenvalue weighted by molar-refractivity contribution is 7.99. The quantitative estimate of drug-likeness (QED) is 0.874. The summed E-state index contributed by atoms with van der Waals surface area (Å²) in [5.41, 5.74) is 1.35. The monoisotopic (exact) mass is 320 g/mol. The van der Waals surface area contributed by atoms with Gasteiger partial charge in [-0.05, 0) is 42.9 Å². The van der Waals surface area contributed by atoms with Crippen molar-refractivity contribution in [2.75, 3.05) is 11.1 Å². The molecule has 0 unspecified atom stereocenters. The number of thioether (sulfide) groups is 1. The Bertz CT molecular complexity index is 514. The van der Waals surface area contributed by atoms with Gasteiger partial charge in [0.1, 0.15) is 0 Å². The number of hydrogen-bond acceptors (Lipinski definition) is 3.